The molecule has 0 saturated carbocycles. The lowest BCUT2D eigenvalue weighted by atomic mass is 9.96. The summed E-state index contributed by atoms with van der Waals surface area (Å²) in [6.07, 6.45) is 4.10. The fourth-order valence-electron chi connectivity index (χ4n) is 1.62. The summed E-state index contributed by atoms with van der Waals surface area (Å²) in [5, 5.41) is 6.36. The van der Waals surface area contributed by atoms with E-state index < -0.39 is 0 Å². The predicted octanol–water partition coefficient (Wildman–Crippen LogP) is 0.231. The summed E-state index contributed by atoms with van der Waals surface area (Å²) in [7, 11) is 0. The minimum Gasteiger partial charge on any atom is -0.394 e. The molecule has 0 atom stereocenters. The number of rotatable bonds is 0. The second-order valence-electron chi connectivity index (χ2n) is 3.10. The van der Waals surface area contributed by atoms with E-state index in [4.69, 9.17) is 5.73 Å². The molecule has 0 unspecified atom stereocenters. The average Bonchev–Trinajstić information content (AvgIpc) is 2.12. The second-order valence-corrected chi connectivity index (χ2v) is 3.10. The number of hydrogen-bond acceptors (Lipinski definition) is 3. The van der Waals surface area contributed by atoms with Crippen LogP contribution in [0.1, 0.15) is 24.1 Å². The van der Waals surface area contributed by atoms with Gasteiger partial charge < -0.3 is 5.73 Å². The van der Waals surface area contributed by atoms with Crippen molar-refractivity contribution in [3.63, 3.8) is 0 Å². The Morgan fingerprint density at radius 1 is 1.33 bits per heavy atom. The molecule has 0 radical (unpaired) electrons. The fourth-order valence-corrected chi connectivity index (χ4v) is 1.62. The van der Waals surface area contributed by atoms with Crippen LogP contribution in [0.25, 0.3) is 0 Å². The maximum atomic E-state index is 11.0. The first-order chi connectivity index (χ1) is 5.79. The van der Waals surface area contributed by atoms with E-state index >= 15 is 0 Å². The number of aromatic nitrogens is 2. The van der Waals surface area contributed by atoms with Crippen LogP contribution in [0, 0.1) is 0 Å². The SMILES string of the molecule is Nc1c2c(n[nH]c1=O)CCCC2. The van der Waals surface area contributed by atoms with E-state index in [9.17, 15) is 4.79 Å². The van der Waals surface area contributed by atoms with Gasteiger partial charge in [-0.3, -0.25) is 4.79 Å². The van der Waals surface area contributed by atoms with Crippen molar-refractivity contribution >= 4 is 5.69 Å². The van der Waals surface area contributed by atoms with E-state index in [0.717, 1.165) is 36.9 Å². The maximum absolute atomic E-state index is 11.0. The number of aryl methyl sites for hydroxylation is 1. The molecular formula is C8H11N3O. The molecule has 0 bridgehead atoms. The first kappa shape index (κ1) is 7.34. The van der Waals surface area contributed by atoms with Gasteiger partial charge in [0.05, 0.1) is 5.69 Å². The number of nitrogen functional groups attached to an aromatic ring is 1. The van der Waals surface area contributed by atoms with Crippen molar-refractivity contribution in [3.05, 3.63) is 21.6 Å². The molecule has 3 N–H and O–H groups in total. The molecule has 0 amide bonds. The van der Waals surface area contributed by atoms with Gasteiger partial charge in [0.2, 0.25) is 0 Å². The van der Waals surface area contributed by atoms with Crippen LogP contribution < -0.4 is 11.3 Å². The molecule has 64 valence electrons. The van der Waals surface area contributed by atoms with E-state index in [1.165, 1.54) is 0 Å². The highest BCUT2D eigenvalue weighted by molar-refractivity contribution is 5.47. The van der Waals surface area contributed by atoms with Crippen molar-refractivity contribution in [2.75, 3.05) is 5.73 Å². The van der Waals surface area contributed by atoms with Crippen LogP contribution in [0.3, 0.4) is 0 Å². The monoisotopic (exact) mass is 165 g/mol. The summed E-state index contributed by atoms with van der Waals surface area (Å²) in [5.74, 6) is 0. The molecule has 2 rings (SSSR count). The van der Waals surface area contributed by atoms with Crippen LogP contribution in [-0.4, -0.2) is 10.2 Å². The minimum atomic E-state index is -0.254. The zero-order valence-electron chi connectivity index (χ0n) is 6.76. The molecule has 4 nitrogen and oxygen atoms in total. The average molecular weight is 165 g/mol. The Bertz CT molecular complexity index is 356. The van der Waals surface area contributed by atoms with Gasteiger partial charge in [-0.1, -0.05) is 0 Å². The molecule has 1 heterocycles. The maximum Gasteiger partial charge on any atom is 0.287 e. The van der Waals surface area contributed by atoms with Gasteiger partial charge in [0.15, 0.2) is 0 Å². The van der Waals surface area contributed by atoms with Crippen LogP contribution >= 0.6 is 0 Å². The molecule has 12 heavy (non-hydrogen) atoms. The van der Waals surface area contributed by atoms with Crippen LogP contribution in [0.4, 0.5) is 5.69 Å². The van der Waals surface area contributed by atoms with E-state index in [1.54, 1.807) is 0 Å². The molecule has 4 heteroatoms. The zero-order valence-corrected chi connectivity index (χ0v) is 6.76. The fraction of sp³-hybridized carbons (Fsp3) is 0.500. The molecule has 1 aromatic rings. The minimum absolute atomic E-state index is 0.254. The number of nitrogens with one attached hydrogen (secondary N) is 1. The van der Waals surface area contributed by atoms with Crippen molar-refractivity contribution < 1.29 is 0 Å². The Morgan fingerprint density at radius 2 is 2.08 bits per heavy atom. The Morgan fingerprint density at radius 3 is 2.92 bits per heavy atom. The molecule has 0 fully saturated rings. The molecule has 1 aliphatic rings. The van der Waals surface area contributed by atoms with E-state index in [0.29, 0.717) is 5.69 Å². The smallest absolute Gasteiger partial charge is 0.287 e. The van der Waals surface area contributed by atoms with Gasteiger partial charge in [0.1, 0.15) is 5.69 Å². The normalized spacial score (nSPS) is 15.7. The highest BCUT2D eigenvalue weighted by Gasteiger charge is 2.14. The second kappa shape index (κ2) is 2.62. The molecule has 1 aliphatic carbocycles. The quantitative estimate of drug-likeness (QED) is 0.578. The third-order valence-electron chi connectivity index (χ3n) is 2.30. The Balaban J connectivity index is 2.61. The summed E-state index contributed by atoms with van der Waals surface area (Å²) in [6, 6.07) is 0. The van der Waals surface area contributed by atoms with E-state index in [1.807, 2.05) is 0 Å². The predicted molar refractivity (Wildman–Crippen MR) is 45.9 cm³/mol. The summed E-state index contributed by atoms with van der Waals surface area (Å²) >= 11 is 0. The summed E-state index contributed by atoms with van der Waals surface area (Å²) < 4.78 is 0. The third-order valence-corrected chi connectivity index (χ3v) is 2.30. The molecule has 0 aliphatic heterocycles. The first-order valence-electron chi connectivity index (χ1n) is 4.15. The lowest BCUT2D eigenvalue weighted by molar-refractivity contribution is 0.653. The summed E-state index contributed by atoms with van der Waals surface area (Å²) in [4.78, 5) is 11.0. The van der Waals surface area contributed by atoms with Gasteiger partial charge >= 0.3 is 0 Å². The lowest BCUT2D eigenvalue weighted by Crippen LogP contribution is -2.20. The number of anilines is 1. The van der Waals surface area contributed by atoms with Crippen molar-refractivity contribution in [2.24, 2.45) is 0 Å². The molecule has 0 aromatic carbocycles. The number of aromatic amines is 1. The number of nitrogens with zero attached hydrogens (tertiary/aromatic N) is 1. The number of nitrogens with two attached hydrogens (primary N) is 1. The van der Waals surface area contributed by atoms with Gasteiger partial charge in [-0.2, -0.15) is 5.10 Å². The standard InChI is InChI=1S/C8H11N3O/c9-7-5-3-1-2-4-6(5)10-11-8(7)12/h1-4H2,(H2,9,10)(H,11,12). The number of fused-ring (bicyclic) bond motifs is 1. The summed E-state index contributed by atoms with van der Waals surface area (Å²) in [6.45, 7) is 0. The van der Waals surface area contributed by atoms with Crippen LogP contribution in [-0.2, 0) is 12.8 Å². The van der Waals surface area contributed by atoms with Gasteiger partial charge in [-0.05, 0) is 25.7 Å². The summed E-state index contributed by atoms with van der Waals surface area (Å²) in [5.41, 5.74) is 7.66. The topological polar surface area (TPSA) is 71.8 Å². The first-order valence-corrected chi connectivity index (χ1v) is 4.15. The van der Waals surface area contributed by atoms with Gasteiger partial charge in [-0.25, -0.2) is 5.10 Å². The number of H-pyrrole nitrogens is 1. The van der Waals surface area contributed by atoms with Gasteiger partial charge in [0.25, 0.3) is 5.56 Å². The van der Waals surface area contributed by atoms with Crippen LogP contribution in [0.15, 0.2) is 4.79 Å². The Kier molecular flexibility index (Phi) is 1.60. The third kappa shape index (κ3) is 0.995. The van der Waals surface area contributed by atoms with Crippen LogP contribution in [0.5, 0.6) is 0 Å². The molecule has 0 saturated heterocycles. The number of hydrogen-bond donors (Lipinski definition) is 2. The van der Waals surface area contributed by atoms with Crippen molar-refractivity contribution in [1.82, 2.24) is 10.2 Å². The Hall–Kier alpha value is -1.32. The van der Waals surface area contributed by atoms with Crippen molar-refractivity contribution in [1.29, 1.82) is 0 Å². The van der Waals surface area contributed by atoms with Crippen LogP contribution in [0.2, 0.25) is 0 Å². The highest BCUT2D eigenvalue weighted by Crippen LogP contribution is 2.20. The van der Waals surface area contributed by atoms with Gasteiger partial charge in [0, 0.05) is 5.56 Å². The molecular weight excluding hydrogens is 154 g/mol. The molecule has 0 spiro atoms. The van der Waals surface area contributed by atoms with Gasteiger partial charge in [-0.15, -0.1) is 0 Å². The van der Waals surface area contributed by atoms with Crippen molar-refractivity contribution in [2.45, 2.75) is 25.7 Å². The lowest BCUT2D eigenvalue weighted by Gasteiger charge is -2.14. The highest BCUT2D eigenvalue weighted by atomic mass is 16.1. The van der Waals surface area contributed by atoms with Crippen molar-refractivity contribution in [3.8, 4) is 0 Å². The Labute approximate surface area is 69.8 Å². The molecule has 1 aromatic heterocycles. The van der Waals surface area contributed by atoms with E-state index in [-0.39, 0.29) is 5.56 Å². The van der Waals surface area contributed by atoms with E-state index in [2.05, 4.69) is 10.2 Å². The zero-order chi connectivity index (χ0) is 8.55. The largest absolute Gasteiger partial charge is 0.394 e.